The minimum atomic E-state index is -1.19. The summed E-state index contributed by atoms with van der Waals surface area (Å²) >= 11 is 0. The van der Waals surface area contributed by atoms with Crippen LogP contribution in [0.4, 0.5) is 0 Å². The molecule has 0 aromatic heterocycles. The maximum atomic E-state index is 11.8. The van der Waals surface area contributed by atoms with Gasteiger partial charge in [0.15, 0.2) is 0 Å². The molecule has 1 aliphatic rings. The fourth-order valence-corrected chi connectivity index (χ4v) is 1.85. The second kappa shape index (κ2) is 3.76. The number of benzene rings is 1. The number of ether oxygens (including phenoxy) is 2. The molecule has 2 N–H and O–H groups in total. The minimum Gasteiger partial charge on any atom is -0.496 e. The van der Waals surface area contributed by atoms with Crippen LogP contribution in [0.3, 0.4) is 0 Å². The Morgan fingerprint density at radius 3 is 2.71 bits per heavy atom. The van der Waals surface area contributed by atoms with Crippen molar-refractivity contribution in [1.29, 1.82) is 0 Å². The van der Waals surface area contributed by atoms with E-state index in [1.54, 1.807) is 20.1 Å². The normalized spacial score (nSPS) is 23.2. The number of carbonyl (C=O) groups is 1. The Labute approximate surface area is 99.2 Å². The molecule has 0 spiro atoms. The number of nitrogens with two attached hydrogens (primary N) is 1. The Kier molecular flexibility index (Phi) is 2.53. The molecule has 1 amide bonds. The highest BCUT2D eigenvalue weighted by Crippen LogP contribution is 2.37. The van der Waals surface area contributed by atoms with Gasteiger partial charge in [-0.2, -0.15) is 4.99 Å². The number of hydrogen-bond acceptors (Lipinski definition) is 4. The summed E-state index contributed by atoms with van der Waals surface area (Å²) < 4.78 is 10.6. The van der Waals surface area contributed by atoms with Crippen molar-refractivity contribution in [2.75, 3.05) is 7.11 Å². The Morgan fingerprint density at radius 2 is 2.18 bits per heavy atom. The van der Waals surface area contributed by atoms with Crippen LogP contribution in [0.15, 0.2) is 23.2 Å². The van der Waals surface area contributed by atoms with E-state index in [1.165, 1.54) is 0 Å². The summed E-state index contributed by atoms with van der Waals surface area (Å²) in [5.41, 5.74) is 5.88. The number of aryl methyl sites for hydroxylation is 1. The van der Waals surface area contributed by atoms with Crippen LogP contribution < -0.4 is 10.5 Å². The number of methoxy groups -OCH3 is 1. The van der Waals surface area contributed by atoms with Gasteiger partial charge in [0.25, 0.3) is 11.9 Å². The van der Waals surface area contributed by atoms with E-state index in [1.807, 2.05) is 19.1 Å². The average Bonchev–Trinajstić information content (AvgIpc) is 2.53. The number of amides is 1. The summed E-state index contributed by atoms with van der Waals surface area (Å²) in [6, 6.07) is 5.42. The Morgan fingerprint density at radius 1 is 1.47 bits per heavy atom. The lowest BCUT2D eigenvalue weighted by atomic mass is 9.93. The summed E-state index contributed by atoms with van der Waals surface area (Å²) in [5, 5.41) is 0. The molecule has 1 aromatic carbocycles. The second-order valence-corrected chi connectivity index (χ2v) is 4.09. The van der Waals surface area contributed by atoms with Gasteiger partial charge >= 0.3 is 0 Å². The highest BCUT2D eigenvalue weighted by atomic mass is 16.5. The van der Waals surface area contributed by atoms with Crippen LogP contribution in [0.1, 0.15) is 18.1 Å². The van der Waals surface area contributed by atoms with Crippen LogP contribution in [0.25, 0.3) is 0 Å². The SMILES string of the molecule is COc1ccc(C)cc1C1(C)OC(N)=NC1=O. The van der Waals surface area contributed by atoms with E-state index in [4.69, 9.17) is 15.2 Å². The number of nitrogens with zero attached hydrogens (tertiary/aromatic N) is 1. The van der Waals surface area contributed by atoms with Crippen molar-refractivity contribution >= 4 is 11.9 Å². The van der Waals surface area contributed by atoms with Crippen LogP contribution in [-0.4, -0.2) is 19.0 Å². The zero-order valence-electron chi connectivity index (χ0n) is 9.98. The standard InChI is InChI=1S/C12H14N2O3/c1-7-4-5-9(16-3)8(6-7)12(2)10(15)14-11(13)17-12/h4-6H,1-3H3,(H2,13,14,15). The predicted molar refractivity (Wildman–Crippen MR) is 62.8 cm³/mol. The molecular formula is C12H14N2O3. The summed E-state index contributed by atoms with van der Waals surface area (Å²) in [4.78, 5) is 15.4. The fourth-order valence-electron chi connectivity index (χ4n) is 1.85. The van der Waals surface area contributed by atoms with Gasteiger partial charge in [0.2, 0.25) is 5.60 Å². The molecule has 5 nitrogen and oxygen atoms in total. The molecule has 0 saturated heterocycles. The van der Waals surface area contributed by atoms with E-state index in [0.29, 0.717) is 11.3 Å². The van der Waals surface area contributed by atoms with Crippen molar-refractivity contribution in [1.82, 2.24) is 0 Å². The van der Waals surface area contributed by atoms with Gasteiger partial charge in [-0.3, -0.25) is 4.79 Å². The van der Waals surface area contributed by atoms with Crippen LogP contribution in [0, 0.1) is 6.92 Å². The zero-order valence-corrected chi connectivity index (χ0v) is 9.98. The average molecular weight is 234 g/mol. The third-order valence-corrected chi connectivity index (χ3v) is 2.80. The van der Waals surface area contributed by atoms with E-state index in [0.717, 1.165) is 5.56 Å². The fraction of sp³-hybridized carbons (Fsp3) is 0.333. The maximum Gasteiger partial charge on any atom is 0.299 e. The zero-order chi connectivity index (χ0) is 12.6. The van der Waals surface area contributed by atoms with Crippen LogP contribution in [0.2, 0.25) is 0 Å². The molecule has 1 atom stereocenters. The highest BCUT2D eigenvalue weighted by molar-refractivity contribution is 6.01. The van der Waals surface area contributed by atoms with Gasteiger partial charge in [-0.05, 0) is 26.0 Å². The molecule has 1 unspecified atom stereocenters. The first-order valence-electron chi connectivity index (χ1n) is 5.20. The van der Waals surface area contributed by atoms with E-state index in [9.17, 15) is 4.79 Å². The molecule has 1 heterocycles. The topological polar surface area (TPSA) is 73.9 Å². The van der Waals surface area contributed by atoms with Crippen molar-refractivity contribution in [3.05, 3.63) is 29.3 Å². The lowest BCUT2D eigenvalue weighted by Gasteiger charge is -2.23. The van der Waals surface area contributed by atoms with E-state index < -0.39 is 11.5 Å². The summed E-state index contributed by atoms with van der Waals surface area (Å²) in [6.07, 6.45) is 0. The lowest BCUT2D eigenvalue weighted by Crippen LogP contribution is -2.32. The number of carbonyl (C=O) groups excluding carboxylic acids is 1. The van der Waals surface area contributed by atoms with Crippen molar-refractivity contribution in [3.63, 3.8) is 0 Å². The van der Waals surface area contributed by atoms with Gasteiger partial charge in [0, 0.05) is 5.56 Å². The Hall–Kier alpha value is -2.04. The number of amidine groups is 1. The van der Waals surface area contributed by atoms with E-state index in [-0.39, 0.29) is 6.02 Å². The number of aliphatic imine (C=N–C) groups is 1. The Balaban J connectivity index is 2.54. The smallest absolute Gasteiger partial charge is 0.299 e. The molecule has 0 aliphatic carbocycles. The summed E-state index contributed by atoms with van der Waals surface area (Å²) in [6.45, 7) is 3.56. The van der Waals surface area contributed by atoms with Crippen LogP contribution in [0.5, 0.6) is 5.75 Å². The molecule has 5 heteroatoms. The largest absolute Gasteiger partial charge is 0.496 e. The van der Waals surface area contributed by atoms with Gasteiger partial charge < -0.3 is 15.2 Å². The third-order valence-electron chi connectivity index (χ3n) is 2.80. The van der Waals surface area contributed by atoms with Crippen LogP contribution in [-0.2, 0) is 15.1 Å². The molecule has 0 radical (unpaired) electrons. The third kappa shape index (κ3) is 1.73. The van der Waals surface area contributed by atoms with Crippen molar-refractivity contribution in [3.8, 4) is 5.75 Å². The Bertz CT molecular complexity index is 510. The molecule has 0 bridgehead atoms. The minimum absolute atomic E-state index is 0.110. The first kappa shape index (κ1) is 11.4. The van der Waals surface area contributed by atoms with Crippen molar-refractivity contribution in [2.45, 2.75) is 19.4 Å². The molecule has 17 heavy (non-hydrogen) atoms. The molecule has 1 aliphatic heterocycles. The molecule has 0 fully saturated rings. The maximum absolute atomic E-state index is 11.8. The van der Waals surface area contributed by atoms with Crippen molar-refractivity contribution < 1.29 is 14.3 Å². The molecule has 0 saturated carbocycles. The van der Waals surface area contributed by atoms with E-state index >= 15 is 0 Å². The second-order valence-electron chi connectivity index (χ2n) is 4.09. The summed E-state index contributed by atoms with van der Waals surface area (Å²) in [7, 11) is 1.54. The summed E-state index contributed by atoms with van der Waals surface area (Å²) in [5.74, 6) is 0.162. The first-order chi connectivity index (χ1) is 7.97. The predicted octanol–water partition coefficient (Wildman–Crippen LogP) is 1.09. The van der Waals surface area contributed by atoms with Gasteiger partial charge in [-0.1, -0.05) is 11.6 Å². The molecular weight excluding hydrogens is 220 g/mol. The highest BCUT2D eigenvalue weighted by Gasteiger charge is 2.45. The lowest BCUT2D eigenvalue weighted by molar-refractivity contribution is -0.130. The monoisotopic (exact) mass is 234 g/mol. The number of hydrogen-bond donors (Lipinski definition) is 1. The van der Waals surface area contributed by atoms with Crippen molar-refractivity contribution in [2.24, 2.45) is 10.7 Å². The van der Waals surface area contributed by atoms with Crippen LogP contribution >= 0.6 is 0 Å². The molecule has 90 valence electrons. The van der Waals surface area contributed by atoms with Gasteiger partial charge in [0.05, 0.1) is 7.11 Å². The molecule has 1 aromatic rings. The van der Waals surface area contributed by atoms with Gasteiger partial charge in [-0.25, -0.2) is 0 Å². The van der Waals surface area contributed by atoms with Gasteiger partial charge in [-0.15, -0.1) is 0 Å². The molecule has 2 rings (SSSR count). The van der Waals surface area contributed by atoms with E-state index in [2.05, 4.69) is 4.99 Å². The number of rotatable bonds is 2. The quantitative estimate of drug-likeness (QED) is 0.831. The first-order valence-corrected chi connectivity index (χ1v) is 5.20. The van der Waals surface area contributed by atoms with Gasteiger partial charge in [0.1, 0.15) is 5.75 Å².